The van der Waals surface area contributed by atoms with Gasteiger partial charge in [-0.1, -0.05) is 95.2 Å². The summed E-state index contributed by atoms with van der Waals surface area (Å²) in [5, 5.41) is 9.53. The molecule has 8 heteroatoms. The number of carbonyl (C=O) groups is 3. The van der Waals surface area contributed by atoms with Crippen LogP contribution in [0.25, 0.3) is 0 Å². The molecule has 0 saturated heterocycles. The number of esters is 2. The summed E-state index contributed by atoms with van der Waals surface area (Å²) in [6, 6.07) is -0.622. The molecule has 0 aliphatic carbocycles. The normalized spacial score (nSPS) is 13.5. The quantitative estimate of drug-likeness (QED) is 0.0366. The second-order valence-electron chi connectivity index (χ2n) is 12.7. The number of nitrogens with zero attached hydrogens (tertiary/aromatic N) is 1. The molecule has 0 aromatic heterocycles. The molecule has 0 rings (SSSR count). The van der Waals surface area contributed by atoms with Crippen LogP contribution in [0, 0.1) is 0 Å². The maximum atomic E-state index is 12.5. The van der Waals surface area contributed by atoms with Crippen LogP contribution in [-0.4, -0.2) is 80.6 Å². The molecule has 0 aromatic carbocycles. The van der Waals surface area contributed by atoms with E-state index in [1.54, 1.807) is 0 Å². The van der Waals surface area contributed by atoms with Crippen LogP contribution in [0.3, 0.4) is 0 Å². The van der Waals surface area contributed by atoms with E-state index < -0.39 is 18.1 Å². The third kappa shape index (κ3) is 27.6. The van der Waals surface area contributed by atoms with Crippen LogP contribution in [0.15, 0.2) is 36.5 Å². The largest absolute Gasteiger partial charge is 0.477 e. The van der Waals surface area contributed by atoms with Gasteiger partial charge in [-0.25, -0.2) is 4.79 Å². The molecule has 45 heavy (non-hydrogen) atoms. The molecule has 2 unspecified atom stereocenters. The molecule has 0 saturated carbocycles. The van der Waals surface area contributed by atoms with Crippen molar-refractivity contribution in [2.75, 3.05) is 41.0 Å². The maximum absolute atomic E-state index is 12.5. The first-order valence-corrected chi connectivity index (χ1v) is 17.5. The first-order valence-electron chi connectivity index (χ1n) is 17.5. The van der Waals surface area contributed by atoms with Gasteiger partial charge in [0.2, 0.25) is 0 Å². The number of carboxylic acids is 1. The topological polar surface area (TPSA) is 99.1 Å². The summed E-state index contributed by atoms with van der Waals surface area (Å²) in [4.78, 5) is 36.5. The van der Waals surface area contributed by atoms with Gasteiger partial charge in [0, 0.05) is 19.3 Å². The number of rotatable bonds is 30. The van der Waals surface area contributed by atoms with E-state index in [-0.39, 0.29) is 42.7 Å². The molecule has 0 heterocycles. The average molecular weight is 637 g/mol. The Balaban J connectivity index is 4.45. The Hall–Kier alpha value is -2.45. The maximum Gasteiger partial charge on any atom is 0.362 e. The van der Waals surface area contributed by atoms with Crippen LogP contribution in [0.5, 0.6) is 0 Å². The van der Waals surface area contributed by atoms with E-state index in [1.807, 2.05) is 33.3 Å². The van der Waals surface area contributed by atoms with E-state index in [0.29, 0.717) is 19.3 Å². The van der Waals surface area contributed by atoms with Crippen molar-refractivity contribution in [1.29, 1.82) is 0 Å². The van der Waals surface area contributed by atoms with E-state index in [1.165, 1.54) is 44.9 Å². The van der Waals surface area contributed by atoms with E-state index >= 15 is 0 Å². The zero-order valence-electron chi connectivity index (χ0n) is 29.3. The van der Waals surface area contributed by atoms with Crippen molar-refractivity contribution in [1.82, 2.24) is 0 Å². The number of aliphatic carboxylic acids is 1. The van der Waals surface area contributed by atoms with Crippen LogP contribution in [-0.2, 0) is 28.6 Å². The summed E-state index contributed by atoms with van der Waals surface area (Å²) in [7, 11) is 5.48. The third-order valence-corrected chi connectivity index (χ3v) is 7.54. The molecular formula is C37H66NO7+. The van der Waals surface area contributed by atoms with Crippen molar-refractivity contribution in [3.8, 4) is 0 Å². The Morgan fingerprint density at radius 1 is 0.689 bits per heavy atom. The summed E-state index contributed by atoms with van der Waals surface area (Å²) >= 11 is 0. The second-order valence-corrected chi connectivity index (χ2v) is 12.7. The monoisotopic (exact) mass is 636 g/mol. The number of hydrogen-bond donors (Lipinski definition) is 1. The Morgan fingerprint density at radius 3 is 1.91 bits per heavy atom. The third-order valence-electron chi connectivity index (χ3n) is 7.54. The number of carboxylic acid groups (broad SMARTS) is 1. The zero-order chi connectivity index (χ0) is 33.6. The molecule has 0 spiro atoms. The molecule has 8 nitrogen and oxygen atoms in total. The van der Waals surface area contributed by atoms with Gasteiger partial charge in [-0.2, -0.15) is 0 Å². The van der Waals surface area contributed by atoms with Gasteiger partial charge in [0.15, 0.2) is 12.1 Å². The number of carbonyl (C=O) groups excluding carboxylic acids is 2. The van der Waals surface area contributed by atoms with Crippen LogP contribution < -0.4 is 0 Å². The lowest BCUT2D eigenvalue weighted by molar-refractivity contribution is -0.887. The van der Waals surface area contributed by atoms with Gasteiger partial charge in [0.1, 0.15) is 6.61 Å². The van der Waals surface area contributed by atoms with Crippen molar-refractivity contribution in [2.24, 2.45) is 0 Å². The lowest BCUT2D eigenvalue weighted by atomic mass is 10.1. The van der Waals surface area contributed by atoms with Crippen molar-refractivity contribution >= 4 is 17.9 Å². The predicted octanol–water partition coefficient (Wildman–Crippen LogP) is 8.35. The Morgan fingerprint density at radius 2 is 1.29 bits per heavy atom. The number of likely N-dealkylation sites (N-methyl/N-ethyl adjacent to an activating group) is 1. The first-order chi connectivity index (χ1) is 21.6. The number of unbranched alkanes of at least 4 members (excludes halogenated alkanes) is 10. The molecule has 0 aliphatic heterocycles. The number of allylic oxidation sites excluding steroid dienone is 6. The van der Waals surface area contributed by atoms with E-state index in [4.69, 9.17) is 14.2 Å². The minimum atomic E-state index is -0.888. The highest BCUT2D eigenvalue weighted by Crippen LogP contribution is 2.12. The number of quaternary nitrogens is 1. The minimum Gasteiger partial charge on any atom is -0.477 e. The van der Waals surface area contributed by atoms with Crippen LogP contribution in [0.2, 0.25) is 0 Å². The summed E-state index contributed by atoms with van der Waals surface area (Å²) < 4.78 is 17.0. The predicted molar refractivity (Wildman–Crippen MR) is 183 cm³/mol. The molecular weight excluding hydrogens is 570 g/mol. The zero-order valence-corrected chi connectivity index (χ0v) is 29.3. The smallest absolute Gasteiger partial charge is 0.362 e. The van der Waals surface area contributed by atoms with Crippen molar-refractivity contribution in [2.45, 2.75) is 142 Å². The van der Waals surface area contributed by atoms with Gasteiger partial charge in [-0.05, 0) is 51.4 Å². The molecule has 0 aliphatic rings. The van der Waals surface area contributed by atoms with Gasteiger partial charge in [-0.3, -0.25) is 9.59 Å². The molecule has 0 aromatic rings. The second kappa shape index (κ2) is 29.0. The van der Waals surface area contributed by atoms with Gasteiger partial charge >= 0.3 is 17.9 Å². The van der Waals surface area contributed by atoms with E-state index in [2.05, 4.69) is 38.2 Å². The molecule has 2 atom stereocenters. The molecule has 260 valence electrons. The van der Waals surface area contributed by atoms with Crippen LogP contribution in [0.1, 0.15) is 129 Å². The highest BCUT2D eigenvalue weighted by atomic mass is 16.6. The van der Waals surface area contributed by atoms with Gasteiger partial charge in [-0.15, -0.1) is 0 Å². The number of ether oxygens (including phenoxy) is 3. The molecule has 0 bridgehead atoms. The average Bonchev–Trinajstić information content (AvgIpc) is 2.98. The molecule has 0 radical (unpaired) electrons. The Bertz CT molecular complexity index is 844. The van der Waals surface area contributed by atoms with Crippen LogP contribution in [0.4, 0.5) is 0 Å². The summed E-state index contributed by atoms with van der Waals surface area (Å²) in [5.41, 5.74) is 0. The van der Waals surface area contributed by atoms with Gasteiger partial charge in [0.05, 0.1) is 34.4 Å². The SMILES string of the molecule is CC/C=C/C/C=C/CCC(=O)OC(COCCC(C(=O)O)[N+](C)(C)C)COC(=O)CCCCC/C=C/CCCCCCCCC. The highest BCUT2D eigenvalue weighted by Gasteiger charge is 2.31. The summed E-state index contributed by atoms with van der Waals surface area (Å²) in [6.45, 7) is 4.47. The Kier molecular flexibility index (Phi) is 27.4. The van der Waals surface area contributed by atoms with E-state index in [0.717, 1.165) is 44.9 Å². The van der Waals surface area contributed by atoms with Gasteiger partial charge in [0.25, 0.3) is 0 Å². The fourth-order valence-electron chi connectivity index (χ4n) is 4.79. The van der Waals surface area contributed by atoms with Crippen LogP contribution >= 0.6 is 0 Å². The lowest BCUT2D eigenvalue weighted by Gasteiger charge is -2.31. The van der Waals surface area contributed by atoms with Gasteiger partial charge < -0.3 is 23.8 Å². The lowest BCUT2D eigenvalue weighted by Crippen LogP contribution is -2.50. The molecule has 0 fully saturated rings. The summed E-state index contributed by atoms with van der Waals surface area (Å²) in [6.07, 6.45) is 29.4. The molecule has 0 amide bonds. The standard InChI is InChI=1S/C37H65NO7/c1-6-8-10-12-14-15-16-17-18-19-20-22-23-25-27-35(39)44-32-33(31-43-30-29-34(37(41)42)38(3,4)5)45-36(40)28-26-24-21-13-11-9-7-2/h9,11,18-19,21,24,33-34H,6-8,10,12-17,20,22-23,25-32H2,1-5H3/p+1/b11-9+,19-18+,24-21+. The van der Waals surface area contributed by atoms with Crippen molar-refractivity contribution < 1.29 is 38.2 Å². The Labute approximate surface area is 274 Å². The van der Waals surface area contributed by atoms with Crippen molar-refractivity contribution in [3.63, 3.8) is 0 Å². The van der Waals surface area contributed by atoms with E-state index in [9.17, 15) is 19.5 Å². The highest BCUT2D eigenvalue weighted by molar-refractivity contribution is 5.72. The fraction of sp³-hybridized carbons (Fsp3) is 0.757. The fourth-order valence-corrected chi connectivity index (χ4v) is 4.79. The van der Waals surface area contributed by atoms with Crippen molar-refractivity contribution in [3.05, 3.63) is 36.5 Å². The first kappa shape index (κ1) is 42.6. The minimum absolute atomic E-state index is 0.0331. The molecule has 1 N–H and O–H groups in total. The summed E-state index contributed by atoms with van der Waals surface area (Å²) in [5.74, 6) is -1.59. The number of hydrogen-bond acceptors (Lipinski definition) is 6.